The molecule has 0 saturated carbocycles. The van der Waals surface area contributed by atoms with E-state index in [0.717, 1.165) is 12.1 Å². The molecule has 0 aromatic heterocycles. The van der Waals surface area contributed by atoms with Crippen molar-refractivity contribution >= 4 is 23.7 Å². The minimum Gasteiger partial charge on any atom is -0.463 e. The van der Waals surface area contributed by atoms with Crippen molar-refractivity contribution in [2.45, 2.75) is 52.3 Å². The van der Waals surface area contributed by atoms with Gasteiger partial charge in [-0.05, 0) is 80.8 Å². The highest BCUT2D eigenvalue weighted by atomic mass is 19.4. The summed E-state index contributed by atoms with van der Waals surface area (Å²) in [6.07, 6.45) is -1.74. The van der Waals surface area contributed by atoms with Gasteiger partial charge in [-0.25, -0.2) is 14.5 Å². The maximum absolute atomic E-state index is 13.8. The molecule has 8 nitrogen and oxygen atoms in total. The number of carbonyl (C=O) groups excluding carboxylic acids is 2. The Morgan fingerprint density at radius 3 is 2.26 bits per heavy atom. The van der Waals surface area contributed by atoms with Crippen molar-refractivity contribution in [3.8, 4) is 6.07 Å². The Bertz CT molecular complexity index is 1670. The van der Waals surface area contributed by atoms with E-state index in [2.05, 4.69) is 6.07 Å². The maximum atomic E-state index is 13.8. The molecule has 4 rings (SSSR count). The van der Waals surface area contributed by atoms with Gasteiger partial charge in [0.05, 0.1) is 42.0 Å². The summed E-state index contributed by atoms with van der Waals surface area (Å²) in [6.45, 7) is 6.67. The van der Waals surface area contributed by atoms with E-state index in [1.54, 1.807) is 80.3 Å². The number of rotatable bonds is 9. The van der Waals surface area contributed by atoms with Crippen LogP contribution in [0.3, 0.4) is 0 Å². The molecule has 11 heteroatoms. The van der Waals surface area contributed by atoms with E-state index in [4.69, 9.17) is 9.47 Å². The molecule has 1 aliphatic rings. The first kappa shape index (κ1) is 34.0. The number of esters is 2. The third-order valence-corrected chi connectivity index (χ3v) is 7.59. The van der Waals surface area contributed by atoms with Gasteiger partial charge in [0.25, 0.3) is 0 Å². The molecule has 2 unspecified atom stereocenters. The zero-order chi connectivity index (χ0) is 33.6. The minimum absolute atomic E-state index is 0.0156. The molecule has 3 aromatic carbocycles. The van der Waals surface area contributed by atoms with E-state index in [1.807, 2.05) is 0 Å². The number of nitrogens with zero attached hydrogens (tertiary/aromatic N) is 3. The van der Waals surface area contributed by atoms with Gasteiger partial charge in [-0.2, -0.15) is 18.4 Å². The number of anilines is 1. The Morgan fingerprint density at radius 1 is 1.02 bits per heavy atom. The molecule has 0 saturated heterocycles. The summed E-state index contributed by atoms with van der Waals surface area (Å²) >= 11 is 0. The fourth-order valence-corrected chi connectivity index (χ4v) is 5.51. The van der Waals surface area contributed by atoms with Gasteiger partial charge in [-0.15, -0.1) is 0 Å². The van der Waals surface area contributed by atoms with Crippen LogP contribution in [-0.2, 0) is 31.8 Å². The summed E-state index contributed by atoms with van der Waals surface area (Å²) in [5.74, 6) is -3.17. The lowest BCUT2D eigenvalue weighted by Crippen LogP contribution is -2.63. The third-order valence-electron chi connectivity index (χ3n) is 7.59. The molecule has 2 atom stereocenters. The first-order chi connectivity index (χ1) is 21.8. The lowest BCUT2D eigenvalue weighted by molar-refractivity contribution is -0.146. The van der Waals surface area contributed by atoms with Crippen molar-refractivity contribution in [2.24, 2.45) is 0 Å². The van der Waals surface area contributed by atoms with Crippen molar-refractivity contribution in [1.82, 2.24) is 4.90 Å². The lowest BCUT2D eigenvalue weighted by atomic mass is 9.89. The number of alkyl halides is 3. The molecule has 0 fully saturated rings. The topological polar surface area (TPSA) is 103 Å². The number of carbonyl (C=O) groups is 2. The molecule has 1 heterocycles. The standard InChI is InChI=1S/C35H34F3N3O5/c1-5-45-30(42)19-16-24-10-12-26(13-11-24)22-40-32(27-17-14-25(21-39)15-18-27)31(33(43)46-6-2)23(3)41(34(40,4)44)29-9-7-8-28(20-29)35(36,37)38/h7-20,32,44H,5-6,22H2,1-4H3/b19-16+. The maximum Gasteiger partial charge on any atom is 0.416 e. The Morgan fingerprint density at radius 2 is 1.67 bits per heavy atom. The highest BCUT2D eigenvalue weighted by molar-refractivity contribution is 5.92. The zero-order valence-corrected chi connectivity index (χ0v) is 25.8. The van der Waals surface area contributed by atoms with Crippen LogP contribution < -0.4 is 4.90 Å². The highest BCUT2D eigenvalue weighted by Crippen LogP contribution is 2.47. The number of benzene rings is 3. The zero-order valence-electron chi connectivity index (χ0n) is 25.8. The lowest BCUT2D eigenvalue weighted by Gasteiger charge is -2.54. The molecule has 0 spiro atoms. The number of aliphatic hydroxyl groups is 1. The van der Waals surface area contributed by atoms with Crippen LogP contribution in [0.2, 0.25) is 0 Å². The minimum atomic E-state index is -4.65. The van der Waals surface area contributed by atoms with E-state index < -0.39 is 35.6 Å². The molecule has 1 aliphatic heterocycles. The van der Waals surface area contributed by atoms with Crippen molar-refractivity contribution < 1.29 is 37.3 Å². The number of hydrogen-bond acceptors (Lipinski definition) is 8. The van der Waals surface area contributed by atoms with Gasteiger partial charge >= 0.3 is 18.1 Å². The molecule has 46 heavy (non-hydrogen) atoms. The predicted molar refractivity (Wildman–Crippen MR) is 165 cm³/mol. The Labute approximate surface area is 265 Å². The molecular weight excluding hydrogens is 599 g/mol. The molecule has 0 bridgehead atoms. The van der Waals surface area contributed by atoms with Crippen LogP contribution in [0.25, 0.3) is 6.08 Å². The second-order valence-corrected chi connectivity index (χ2v) is 10.7. The second-order valence-electron chi connectivity index (χ2n) is 10.7. The van der Waals surface area contributed by atoms with E-state index in [9.17, 15) is 33.1 Å². The van der Waals surface area contributed by atoms with Crippen molar-refractivity contribution in [3.05, 3.63) is 118 Å². The van der Waals surface area contributed by atoms with Gasteiger partial charge in [-0.1, -0.05) is 42.5 Å². The van der Waals surface area contributed by atoms with Crippen LogP contribution in [0.5, 0.6) is 0 Å². The van der Waals surface area contributed by atoms with Crippen LogP contribution in [0.4, 0.5) is 18.9 Å². The predicted octanol–water partition coefficient (Wildman–Crippen LogP) is 6.72. The Kier molecular flexibility index (Phi) is 10.4. The summed E-state index contributed by atoms with van der Waals surface area (Å²) in [6, 6.07) is 19.3. The average molecular weight is 634 g/mol. The molecule has 0 amide bonds. The van der Waals surface area contributed by atoms with E-state index in [1.165, 1.54) is 30.0 Å². The van der Waals surface area contributed by atoms with Crippen molar-refractivity contribution in [3.63, 3.8) is 0 Å². The van der Waals surface area contributed by atoms with Gasteiger partial charge in [0, 0.05) is 24.0 Å². The summed E-state index contributed by atoms with van der Waals surface area (Å²) < 4.78 is 51.7. The second kappa shape index (κ2) is 14.0. The van der Waals surface area contributed by atoms with Crippen LogP contribution >= 0.6 is 0 Å². The molecule has 0 aliphatic carbocycles. The quantitative estimate of drug-likeness (QED) is 0.205. The van der Waals surface area contributed by atoms with Crippen LogP contribution in [0.15, 0.2) is 90.1 Å². The Hall–Kier alpha value is -4.92. The number of allylic oxidation sites excluding steroid dienone is 1. The van der Waals surface area contributed by atoms with Crippen molar-refractivity contribution in [2.75, 3.05) is 18.1 Å². The first-order valence-corrected chi connectivity index (χ1v) is 14.6. The number of ether oxygens (including phenoxy) is 2. The fraction of sp³-hybridized carbons (Fsp3) is 0.286. The van der Waals surface area contributed by atoms with E-state index in [-0.39, 0.29) is 36.7 Å². The average Bonchev–Trinajstić information content (AvgIpc) is 3.01. The van der Waals surface area contributed by atoms with Gasteiger partial charge in [-0.3, -0.25) is 0 Å². The van der Waals surface area contributed by atoms with Gasteiger partial charge in [0.1, 0.15) is 0 Å². The van der Waals surface area contributed by atoms with Crippen LogP contribution in [0, 0.1) is 11.3 Å². The summed E-state index contributed by atoms with van der Waals surface area (Å²) in [5, 5.41) is 21.7. The number of halogens is 3. The summed E-state index contributed by atoms with van der Waals surface area (Å²) in [7, 11) is 0. The number of nitriles is 1. The van der Waals surface area contributed by atoms with E-state index in [0.29, 0.717) is 22.3 Å². The largest absolute Gasteiger partial charge is 0.463 e. The SMILES string of the molecule is CCOC(=O)/C=C/c1ccc(CN2C(c3ccc(C#N)cc3)C(C(=O)OCC)=C(C)N(c3cccc(C(F)(F)F)c3)C2(C)O)cc1. The third kappa shape index (κ3) is 7.30. The molecule has 1 N–H and O–H groups in total. The van der Waals surface area contributed by atoms with Crippen LogP contribution in [-0.4, -0.2) is 41.0 Å². The molecule has 0 radical (unpaired) electrons. The normalized spacial score (nSPS) is 18.8. The smallest absolute Gasteiger partial charge is 0.416 e. The first-order valence-electron chi connectivity index (χ1n) is 14.6. The van der Waals surface area contributed by atoms with Crippen LogP contribution in [0.1, 0.15) is 61.6 Å². The summed E-state index contributed by atoms with van der Waals surface area (Å²) in [4.78, 5) is 28.3. The molecule has 240 valence electrons. The Balaban J connectivity index is 1.90. The fourth-order valence-electron chi connectivity index (χ4n) is 5.51. The highest BCUT2D eigenvalue weighted by Gasteiger charge is 2.50. The van der Waals surface area contributed by atoms with Gasteiger partial charge < -0.3 is 19.5 Å². The number of hydrogen-bond donors (Lipinski definition) is 1. The van der Waals surface area contributed by atoms with Gasteiger partial charge in [0.2, 0.25) is 0 Å². The monoisotopic (exact) mass is 633 g/mol. The summed E-state index contributed by atoms with van der Waals surface area (Å²) in [5.41, 5.74) is 1.75. The van der Waals surface area contributed by atoms with E-state index >= 15 is 0 Å². The van der Waals surface area contributed by atoms with Crippen molar-refractivity contribution in [1.29, 1.82) is 5.26 Å². The molecular formula is C35H34F3N3O5. The van der Waals surface area contributed by atoms with Gasteiger partial charge in [0.15, 0.2) is 5.85 Å². The molecule has 3 aromatic rings.